The van der Waals surface area contributed by atoms with Gasteiger partial charge in [-0.2, -0.15) is 0 Å². The summed E-state index contributed by atoms with van der Waals surface area (Å²) in [5.41, 5.74) is 2.00. The molecule has 1 amide bonds. The quantitative estimate of drug-likeness (QED) is 0.273. The predicted octanol–water partition coefficient (Wildman–Crippen LogP) is 5.38. The molecule has 0 bridgehead atoms. The van der Waals surface area contributed by atoms with Crippen molar-refractivity contribution in [2.24, 2.45) is 11.8 Å². The third-order valence-electron chi connectivity index (χ3n) is 9.76. The Morgan fingerprint density at radius 2 is 1.70 bits per heavy atom. The summed E-state index contributed by atoms with van der Waals surface area (Å²) in [6.45, 7) is 6.82. The van der Waals surface area contributed by atoms with Crippen molar-refractivity contribution in [2.75, 3.05) is 39.3 Å². The molecule has 1 aliphatic carbocycles. The molecular formula is C33H44N4O6. The molecule has 0 spiro atoms. The number of ether oxygens (including phenoxy) is 1. The zero-order chi connectivity index (χ0) is 30.3. The van der Waals surface area contributed by atoms with E-state index in [1.807, 2.05) is 13.0 Å². The van der Waals surface area contributed by atoms with Gasteiger partial charge in [0.05, 0.1) is 4.92 Å². The Hall–Kier alpha value is -3.50. The van der Waals surface area contributed by atoms with Crippen LogP contribution in [0, 0.1) is 22.0 Å². The van der Waals surface area contributed by atoms with E-state index < -0.39 is 16.9 Å². The molecule has 5 rings (SSSR count). The van der Waals surface area contributed by atoms with Crippen LogP contribution < -0.4 is 0 Å². The lowest BCUT2D eigenvalue weighted by molar-refractivity contribution is -0.384. The van der Waals surface area contributed by atoms with Gasteiger partial charge in [-0.1, -0.05) is 43.2 Å². The van der Waals surface area contributed by atoms with Crippen molar-refractivity contribution in [3.05, 3.63) is 75.8 Å². The van der Waals surface area contributed by atoms with Crippen LogP contribution in [0.2, 0.25) is 0 Å². The minimum absolute atomic E-state index is 0.00735. The first-order valence-electron chi connectivity index (χ1n) is 15.7. The van der Waals surface area contributed by atoms with Crippen LogP contribution in [-0.2, 0) is 16.1 Å². The normalized spacial score (nSPS) is 22.8. The van der Waals surface area contributed by atoms with Gasteiger partial charge < -0.3 is 19.6 Å². The van der Waals surface area contributed by atoms with Crippen LogP contribution in [0.25, 0.3) is 0 Å². The van der Waals surface area contributed by atoms with Crippen LogP contribution in [0.3, 0.4) is 0 Å². The van der Waals surface area contributed by atoms with Crippen molar-refractivity contribution < 1.29 is 24.4 Å². The van der Waals surface area contributed by atoms with Gasteiger partial charge >= 0.3 is 12.1 Å². The Labute approximate surface area is 253 Å². The largest absolute Gasteiger partial charge is 0.480 e. The number of carboxylic acid groups (broad SMARTS) is 1. The first kappa shape index (κ1) is 30.9. The molecule has 3 atom stereocenters. The second-order valence-electron chi connectivity index (χ2n) is 12.4. The van der Waals surface area contributed by atoms with E-state index >= 15 is 0 Å². The maximum atomic E-state index is 13.0. The second-order valence-corrected chi connectivity index (χ2v) is 12.4. The average Bonchev–Trinajstić information content (AvgIpc) is 3.69. The van der Waals surface area contributed by atoms with E-state index in [1.54, 1.807) is 17.0 Å². The van der Waals surface area contributed by atoms with Gasteiger partial charge in [0.15, 0.2) is 0 Å². The maximum absolute atomic E-state index is 13.0. The average molecular weight is 593 g/mol. The summed E-state index contributed by atoms with van der Waals surface area (Å²) in [7, 11) is 0. The van der Waals surface area contributed by atoms with Gasteiger partial charge in [0.25, 0.3) is 5.69 Å². The highest BCUT2D eigenvalue weighted by atomic mass is 16.6. The Kier molecular flexibility index (Phi) is 10.3. The molecule has 232 valence electrons. The van der Waals surface area contributed by atoms with E-state index in [-0.39, 0.29) is 30.3 Å². The molecule has 43 heavy (non-hydrogen) atoms. The number of hydrogen-bond acceptors (Lipinski definition) is 7. The minimum atomic E-state index is -0.680. The fourth-order valence-corrected chi connectivity index (χ4v) is 7.55. The van der Waals surface area contributed by atoms with Crippen LogP contribution in [-0.4, -0.2) is 88.1 Å². The van der Waals surface area contributed by atoms with Crippen LogP contribution in [0.1, 0.15) is 62.5 Å². The van der Waals surface area contributed by atoms with Gasteiger partial charge in [-0.25, -0.2) is 4.79 Å². The Morgan fingerprint density at radius 1 is 1.02 bits per heavy atom. The number of carbonyl (C=O) groups excluding carboxylic acids is 1. The van der Waals surface area contributed by atoms with E-state index in [4.69, 9.17) is 4.74 Å². The molecular weight excluding hydrogens is 548 g/mol. The SMILES string of the molecule is CCN(C(=O)OCc1ccc([N+](=O)[O-])cc1)C1CCN(CC2CN(C(C(=O)O)C3CCCC3)CC2c2ccccc2)CC1. The lowest BCUT2D eigenvalue weighted by Gasteiger charge is -2.39. The molecule has 1 saturated carbocycles. The molecule has 0 aromatic heterocycles. The van der Waals surface area contributed by atoms with Gasteiger partial charge in [-0.15, -0.1) is 0 Å². The van der Waals surface area contributed by atoms with Gasteiger partial charge in [0, 0.05) is 63.4 Å². The van der Waals surface area contributed by atoms with Crippen molar-refractivity contribution in [2.45, 2.75) is 70.1 Å². The first-order chi connectivity index (χ1) is 20.8. The summed E-state index contributed by atoms with van der Waals surface area (Å²) in [6, 6.07) is 16.3. The number of amides is 1. The molecule has 3 fully saturated rings. The molecule has 2 aliphatic heterocycles. The summed E-state index contributed by atoms with van der Waals surface area (Å²) in [4.78, 5) is 42.4. The number of nitrogens with zero attached hydrogens (tertiary/aromatic N) is 4. The summed E-state index contributed by atoms with van der Waals surface area (Å²) in [5.74, 6) is 0.198. The second kappa shape index (κ2) is 14.3. The van der Waals surface area contributed by atoms with E-state index in [1.165, 1.54) is 17.7 Å². The van der Waals surface area contributed by atoms with Crippen LogP contribution in [0.15, 0.2) is 54.6 Å². The number of likely N-dealkylation sites (tertiary alicyclic amines) is 2. The fraction of sp³-hybridized carbons (Fsp3) is 0.576. The monoisotopic (exact) mass is 592 g/mol. The Balaban J connectivity index is 1.17. The summed E-state index contributed by atoms with van der Waals surface area (Å²) >= 11 is 0. The number of hydrogen-bond donors (Lipinski definition) is 1. The molecule has 2 heterocycles. The standard InChI is InChI=1S/C33H44N4O6/c1-2-36(33(40)43-23-24-12-14-29(15-13-24)37(41)42)28-16-18-34(19-17-28)20-27-21-35(22-30(27)25-8-4-3-5-9-25)31(32(38)39)26-10-6-7-11-26/h3-5,8-9,12-15,26-28,30-31H,2,6-7,10-11,16-23H2,1H3,(H,38,39). The van der Waals surface area contributed by atoms with E-state index in [2.05, 4.69) is 34.1 Å². The zero-order valence-electron chi connectivity index (χ0n) is 25.1. The molecule has 2 saturated heterocycles. The number of rotatable bonds is 11. The number of piperidine rings is 1. The highest BCUT2D eigenvalue weighted by Crippen LogP contribution is 2.39. The molecule has 2 aromatic carbocycles. The van der Waals surface area contributed by atoms with Crippen LogP contribution >= 0.6 is 0 Å². The van der Waals surface area contributed by atoms with Gasteiger partial charge in [0.2, 0.25) is 0 Å². The van der Waals surface area contributed by atoms with Crippen molar-refractivity contribution in [3.8, 4) is 0 Å². The Morgan fingerprint density at radius 3 is 2.30 bits per heavy atom. The first-order valence-corrected chi connectivity index (χ1v) is 15.7. The molecule has 10 nitrogen and oxygen atoms in total. The van der Waals surface area contributed by atoms with Crippen molar-refractivity contribution in [1.82, 2.24) is 14.7 Å². The van der Waals surface area contributed by atoms with Gasteiger partial charge in [-0.3, -0.25) is 19.8 Å². The summed E-state index contributed by atoms with van der Waals surface area (Å²) in [5, 5.41) is 21.1. The smallest absolute Gasteiger partial charge is 0.410 e. The fourth-order valence-electron chi connectivity index (χ4n) is 7.55. The number of carbonyl (C=O) groups is 2. The molecule has 10 heteroatoms. The van der Waals surface area contributed by atoms with E-state index in [0.29, 0.717) is 23.9 Å². The van der Waals surface area contributed by atoms with E-state index in [9.17, 15) is 24.8 Å². The summed E-state index contributed by atoms with van der Waals surface area (Å²) < 4.78 is 5.58. The van der Waals surface area contributed by atoms with E-state index in [0.717, 1.165) is 71.2 Å². The highest BCUT2D eigenvalue weighted by molar-refractivity contribution is 5.74. The summed E-state index contributed by atoms with van der Waals surface area (Å²) in [6.07, 6.45) is 5.61. The number of benzene rings is 2. The number of non-ortho nitro benzene ring substituents is 1. The zero-order valence-corrected chi connectivity index (χ0v) is 25.1. The lowest BCUT2D eigenvalue weighted by Crippen LogP contribution is -2.49. The highest BCUT2D eigenvalue weighted by Gasteiger charge is 2.43. The van der Waals surface area contributed by atoms with Crippen molar-refractivity contribution in [1.29, 1.82) is 0 Å². The number of nitro benzene ring substituents is 1. The van der Waals surface area contributed by atoms with Gasteiger partial charge in [-0.05, 0) is 67.7 Å². The van der Waals surface area contributed by atoms with Crippen LogP contribution in [0.5, 0.6) is 0 Å². The third-order valence-corrected chi connectivity index (χ3v) is 9.76. The number of nitro groups is 1. The number of carboxylic acids is 1. The van der Waals surface area contributed by atoms with Crippen LogP contribution in [0.4, 0.5) is 10.5 Å². The molecule has 2 aromatic rings. The lowest BCUT2D eigenvalue weighted by atomic mass is 9.88. The van der Waals surface area contributed by atoms with Crippen molar-refractivity contribution in [3.63, 3.8) is 0 Å². The number of aliphatic carboxylic acids is 1. The predicted molar refractivity (Wildman–Crippen MR) is 163 cm³/mol. The maximum Gasteiger partial charge on any atom is 0.410 e. The van der Waals surface area contributed by atoms with Gasteiger partial charge in [0.1, 0.15) is 12.6 Å². The minimum Gasteiger partial charge on any atom is -0.480 e. The molecule has 1 N–H and O–H groups in total. The molecule has 0 radical (unpaired) electrons. The van der Waals surface area contributed by atoms with Crippen molar-refractivity contribution >= 4 is 17.7 Å². The topological polar surface area (TPSA) is 116 Å². The third kappa shape index (κ3) is 7.54. The Bertz CT molecular complexity index is 1230. The molecule has 3 aliphatic rings. The molecule has 3 unspecified atom stereocenters.